The molecule has 98 valence electrons. The van der Waals surface area contributed by atoms with Crippen LogP contribution in [0.15, 0.2) is 48.8 Å². The summed E-state index contributed by atoms with van der Waals surface area (Å²) in [5, 5.41) is 0. The summed E-state index contributed by atoms with van der Waals surface area (Å²) in [6.07, 6.45) is 2.79. The monoisotopic (exact) mass is 256 g/mol. The first kappa shape index (κ1) is 13.2. The van der Waals surface area contributed by atoms with Crippen molar-refractivity contribution in [3.63, 3.8) is 0 Å². The first-order valence-electron chi connectivity index (χ1n) is 6.21. The van der Waals surface area contributed by atoms with Crippen LogP contribution in [-0.4, -0.2) is 15.9 Å². The van der Waals surface area contributed by atoms with E-state index in [1.807, 2.05) is 36.4 Å². The molecule has 0 saturated heterocycles. The second-order valence-corrected chi connectivity index (χ2v) is 4.48. The van der Waals surface area contributed by atoms with Crippen LogP contribution in [0.1, 0.15) is 31.3 Å². The van der Waals surface area contributed by atoms with Crippen LogP contribution < -0.4 is 0 Å². The van der Waals surface area contributed by atoms with Gasteiger partial charge in [0, 0.05) is 12.4 Å². The van der Waals surface area contributed by atoms with Gasteiger partial charge in [-0.05, 0) is 24.3 Å². The predicted molar refractivity (Wildman–Crippen MR) is 71.2 cm³/mol. The molecule has 0 spiro atoms. The average Bonchev–Trinajstić information content (AvgIpc) is 2.46. The number of aromatic nitrogens is 2. The van der Waals surface area contributed by atoms with Gasteiger partial charge in [-0.2, -0.15) is 0 Å². The Bertz CT molecular complexity index is 487. The molecule has 19 heavy (non-hydrogen) atoms. The normalized spacial score (nSPS) is 10.7. The molecule has 0 N–H and O–H groups in total. The Balaban J connectivity index is 2.32. The highest BCUT2D eigenvalue weighted by atomic mass is 16.5. The van der Waals surface area contributed by atoms with Gasteiger partial charge in [0.05, 0.1) is 17.3 Å². The van der Waals surface area contributed by atoms with E-state index in [2.05, 4.69) is 9.97 Å². The Morgan fingerprint density at radius 1 is 1.00 bits per heavy atom. The number of carbonyl (C=O) groups excluding carboxylic acids is 1. The van der Waals surface area contributed by atoms with Gasteiger partial charge in [0.25, 0.3) is 0 Å². The quantitative estimate of drug-likeness (QED) is 0.789. The molecule has 0 saturated carbocycles. The number of rotatable bonds is 4. The zero-order valence-corrected chi connectivity index (χ0v) is 11.0. The summed E-state index contributed by atoms with van der Waals surface area (Å²) in [6.45, 7) is 3.60. The molecule has 0 bridgehead atoms. The topological polar surface area (TPSA) is 52.1 Å². The summed E-state index contributed by atoms with van der Waals surface area (Å²) in [5.74, 6) is -0.448. The van der Waals surface area contributed by atoms with Crippen LogP contribution >= 0.6 is 0 Å². The highest BCUT2D eigenvalue weighted by molar-refractivity contribution is 5.72. The smallest absolute Gasteiger partial charge is 0.309 e. The predicted octanol–water partition coefficient (Wildman–Crippen LogP) is 2.77. The van der Waals surface area contributed by atoms with E-state index in [4.69, 9.17) is 4.74 Å². The van der Waals surface area contributed by atoms with Gasteiger partial charge in [0.2, 0.25) is 0 Å². The van der Waals surface area contributed by atoms with Crippen LogP contribution in [0.2, 0.25) is 0 Å². The molecule has 2 rings (SSSR count). The van der Waals surface area contributed by atoms with Crippen molar-refractivity contribution in [2.75, 3.05) is 0 Å². The molecule has 2 heterocycles. The highest BCUT2D eigenvalue weighted by Gasteiger charge is 2.22. The number of hydrogen-bond acceptors (Lipinski definition) is 4. The van der Waals surface area contributed by atoms with E-state index in [0.717, 1.165) is 0 Å². The maximum absolute atomic E-state index is 11.8. The first-order chi connectivity index (χ1) is 9.18. The summed E-state index contributed by atoms with van der Waals surface area (Å²) < 4.78 is 5.52. The minimum Gasteiger partial charge on any atom is -0.449 e. The summed E-state index contributed by atoms with van der Waals surface area (Å²) in [4.78, 5) is 20.3. The second-order valence-electron chi connectivity index (χ2n) is 4.48. The molecule has 2 aromatic rings. The van der Waals surface area contributed by atoms with E-state index < -0.39 is 6.10 Å². The fraction of sp³-hybridized carbons (Fsp3) is 0.267. The molecule has 0 unspecified atom stereocenters. The van der Waals surface area contributed by atoms with Crippen LogP contribution in [0.25, 0.3) is 0 Å². The Hall–Kier alpha value is -2.23. The van der Waals surface area contributed by atoms with Gasteiger partial charge in [-0.25, -0.2) is 0 Å². The lowest BCUT2D eigenvalue weighted by Crippen LogP contribution is -2.18. The molecular weight excluding hydrogens is 240 g/mol. The van der Waals surface area contributed by atoms with Crippen molar-refractivity contribution in [1.82, 2.24) is 9.97 Å². The Kier molecular flexibility index (Phi) is 4.23. The van der Waals surface area contributed by atoms with Crippen molar-refractivity contribution in [1.29, 1.82) is 0 Å². The molecular formula is C15H16N2O2. The van der Waals surface area contributed by atoms with Crippen LogP contribution in [0.5, 0.6) is 0 Å². The van der Waals surface area contributed by atoms with E-state index in [1.165, 1.54) is 0 Å². The van der Waals surface area contributed by atoms with Crippen molar-refractivity contribution in [2.45, 2.75) is 20.0 Å². The van der Waals surface area contributed by atoms with Crippen molar-refractivity contribution in [2.24, 2.45) is 5.92 Å². The van der Waals surface area contributed by atoms with Crippen LogP contribution in [0, 0.1) is 5.92 Å². The molecule has 0 aliphatic heterocycles. The number of carbonyl (C=O) groups is 1. The summed E-state index contributed by atoms with van der Waals surface area (Å²) in [7, 11) is 0. The molecule has 0 radical (unpaired) electrons. The van der Waals surface area contributed by atoms with Crippen LogP contribution in [-0.2, 0) is 9.53 Å². The molecule has 0 fully saturated rings. The van der Waals surface area contributed by atoms with E-state index in [1.54, 1.807) is 26.2 Å². The van der Waals surface area contributed by atoms with E-state index in [9.17, 15) is 4.79 Å². The van der Waals surface area contributed by atoms with Crippen LogP contribution in [0.3, 0.4) is 0 Å². The fourth-order valence-electron chi connectivity index (χ4n) is 1.59. The Morgan fingerprint density at radius 2 is 1.53 bits per heavy atom. The van der Waals surface area contributed by atoms with Gasteiger partial charge < -0.3 is 4.74 Å². The number of esters is 1. The second kappa shape index (κ2) is 6.09. The minimum atomic E-state index is -0.558. The van der Waals surface area contributed by atoms with Crippen molar-refractivity contribution in [3.05, 3.63) is 60.2 Å². The fourth-order valence-corrected chi connectivity index (χ4v) is 1.59. The molecule has 0 aliphatic carbocycles. The third kappa shape index (κ3) is 3.37. The van der Waals surface area contributed by atoms with E-state index in [0.29, 0.717) is 11.4 Å². The van der Waals surface area contributed by atoms with Gasteiger partial charge in [-0.15, -0.1) is 0 Å². The minimum absolute atomic E-state index is 0.185. The maximum atomic E-state index is 11.8. The van der Waals surface area contributed by atoms with E-state index >= 15 is 0 Å². The van der Waals surface area contributed by atoms with Crippen molar-refractivity contribution < 1.29 is 9.53 Å². The zero-order chi connectivity index (χ0) is 13.7. The number of ether oxygens (including phenoxy) is 1. The van der Waals surface area contributed by atoms with Crippen molar-refractivity contribution in [3.8, 4) is 0 Å². The number of pyridine rings is 2. The van der Waals surface area contributed by atoms with Crippen LogP contribution in [0.4, 0.5) is 0 Å². The molecule has 0 atom stereocenters. The van der Waals surface area contributed by atoms with Crippen molar-refractivity contribution >= 4 is 5.97 Å². The summed E-state index contributed by atoms with van der Waals surface area (Å²) in [5.41, 5.74) is 1.35. The number of hydrogen-bond donors (Lipinski definition) is 0. The third-order valence-corrected chi connectivity index (χ3v) is 2.62. The lowest BCUT2D eigenvalue weighted by Gasteiger charge is -2.18. The molecule has 0 amide bonds. The average molecular weight is 256 g/mol. The van der Waals surface area contributed by atoms with Gasteiger partial charge in [0.15, 0.2) is 6.10 Å². The first-order valence-corrected chi connectivity index (χ1v) is 6.21. The summed E-state index contributed by atoms with van der Waals surface area (Å²) in [6, 6.07) is 11.0. The van der Waals surface area contributed by atoms with E-state index in [-0.39, 0.29) is 11.9 Å². The van der Waals surface area contributed by atoms with Gasteiger partial charge >= 0.3 is 5.97 Å². The van der Waals surface area contributed by atoms with Gasteiger partial charge in [-0.3, -0.25) is 14.8 Å². The SMILES string of the molecule is CC(C)C(=O)OC(c1ccccn1)c1ccccn1. The van der Waals surface area contributed by atoms with Gasteiger partial charge in [-0.1, -0.05) is 26.0 Å². The maximum Gasteiger partial charge on any atom is 0.309 e. The highest BCUT2D eigenvalue weighted by Crippen LogP contribution is 2.23. The standard InChI is InChI=1S/C15H16N2O2/c1-11(2)15(18)19-14(12-7-3-5-9-16-12)13-8-4-6-10-17-13/h3-11,14H,1-2H3. The summed E-state index contributed by atoms with van der Waals surface area (Å²) >= 11 is 0. The lowest BCUT2D eigenvalue weighted by atomic mass is 10.1. The molecule has 0 aromatic carbocycles. The zero-order valence-electron chi connectivity index (χ0n) is 11.0. The Labute approximate surface area is 112 Å². The third-order valence-electron chi connectivity index (χ3n) is 2.62. The molecule has 4 nitrogen and oxygen atoms in total. The molecule has 0 aliphatic rings. The Morgan fingerprint density at radius 3 is 1.89 bits per heavy atom. The van der Waals surface area contributed by atoms with Gasteiger partial charge in [0.1, 0.15) is 0 Å². The molecule has 4 heteroatoms. The lowest BCUT2D eigenvalue weighted by molar-refractivity contribution is -0.151. The molecule has 2 aromatic heterocycles. The largest absolute Gasteiger partial charge is 0.449 e. The number of nitrogens with zero attached hydrogens (tertiary/aromatic N) is 2.